The van der Waals surface area contributed by atoms with Gasteiger partial charge in [-0.05, 0) is 18.8 Å². The van der Waals surface area contributed by atoms with Crippen LogP contribution in [0.2, 0.25) is 0 Å². The van der Waals surface area contributed by atoms with Crippen LogP contribution in [-0.4, -0.2) is 42.4 Å². The average molecular weight is 239 g/mol. The molecule has 2 aliphatic heterocycles. The van der Waals surface area contributed by atoms with Gasteiger partial charge in [-0.25, -0.2) is 0 Å². The van der Waals surface area contributed by atoms with Gasteiger partial charge in [0.15, 0.2) is 0 Å². The van der Waals surface area contributed by atoms with Crippen LogP contribution >= 0.6 is 0 Å². The molecule has 2 fully saturated rings. The van der Waals surface area contributed by atoms with E-state index in [1.54, 1.807) is 0 Å². The zero-order valence-electron chi connectivity index (χ0n) is 10.3. The maximum absolute atomic E-state index is 12.3. The zero-order valence-corrected chi connectivity index (χ0v) is 10.3. The third-order valence-electron chi connectivity index (χ3n) is 3.97. The summed E-state index contributed by atoms with van der Waals surface area (Å²) in [6.07, 6.45) is 2.51. The van der Waals surface area contributed by atoms with E-state index in [0.29, 0.717) is 25.4 Å². The predicted molar refractivity (Wildman–Crippen MR) is 64.1 cm³/mol. The smallest absolute Gasteiger partial charge is 0.228 e. The molecular formula is C12H21N3O2. The van der Waals surface area contributed by atoms with E-state index in [1.165, 1.54) is 0 Å². The molecule has 0 aliphatic carbocycles. The van der Waals surface area contributed by atoms with Gasteiger partial charge in [-0.1, -0.05) is 6.92 Å². The molecule has 3 atom stereocenters. The first-order valence-corrected chi connectivity index (χ1v) is 6.40. The first kappa shape index (κ1) is 12.4. The Balaban J connectivity index is 2.04. The summed E-state index contributed by atoms with van der Waals surface area (Å²) >= 11 is 0. The second-order valence-corrected chi connectivity index (χ2v) is 5.16. The van der Waals surface area contributed by atoms with Crippen molar-refractivity contribution in [1.82, 2.24) is 10.2 Å². The Kier molecular flexibility index (Phi) is 3.66. The fraction of sp³-hybridized carbons (Fsp3) is 0.833. The van der Waals surface area contributed by atoms with Gasteiger partial charge in [-0.2, -0.15) is 0 Å². The van der Waals surface area contributed by atoms with E-state index in [1.807, 2.05) is 4.90 Å². The van der Waals surface area contributed by atoms with Crippen molar-refractivity contribution in [3.05, 3.63) is 0 Å². The van der Waals surface area contributed by atoms with E-state index in [2.05, 4.69) is 12.2 Å². The highest BCUT2D eigenvalue weighted by atomic mass is 16.2. The highest BCUT2D eigenvalue weighted by Gasteiger charge is 2.37. The van der Waals surface area contributed by atoms with Crippen LogP contribution in [0.3, 0.4) is 0 Å². The Morgan fingerprint density at radius 3 is 2.94 bits per heavy atom. The van der Waals surface area contributed by atoms with E-state index in [9.17, 15) is 9.59 Å². The lowest BCUT2D eigenvalue weighted by molar-refractivity contribution is -0.140. The van der Waals surface area contributed by atoms with Gasteiger partial charge in [-0.3, -0.25) is 9.59 Å². The van der Waals surface area contributed by atoms with E-state index in [-0.39, 0.29) is 23.8 Å². The fourth-order valence-corrected chi connectivity index (χ4v) is 2.90. The third-order valence-corrected chi connectivity index (χ3v) is 3.97. The molecule has 5 heteroatoms. The van der Waals surface area contributed by atoms with Gasteiger partial charge in [-0.15, -0.1) is 0 Å². The molecule has 0 radical (unpaired) electrons. The lowest BCUT2D eigenvalue weighted by atomic mass is 9.89. The number of nitrogens with zero attached hydrogens (tertiary/aromatic N) is 1. The number of likely N-dealkylation sites (tertiary alicyclic amines) is 1. The zero-order chi connectivity index (χ0) is 12.4. The number of hydrogen-bond acceptors (Lipinski definition) is 3. The van der Waals surface area contributed by atoms with Crippen molar-refractivity contribution in [2.24, 2.45) is 17.6 Å². The summed E-state index contributed by atoms with van der Waals surface area (Å²) in [5, 5.41) is 2.72. The molecule has 96 valence electrons. The van der Waals surface area contributed by atoms with Gasteiger partial charge in [0.2, 0.25) is 11.8 Å². The number of carbonyl (C=O) groups excluding carboxylic acids is 2. The minimum Gasteiger partial charge on any atom is -0.355 e. The number of rotatable bonds is 2. The van der Waals surface area contributed by atoms with Crippen LogP contribution in [-0.2, 0) is 9.59 Å². The van der Waals surface area contributed by atoms with Crippen molar-refractivity contribution in [2.45, 2.75) is 32.2 Å². The van der Waals surface area contributed by atoms with Crippen molar-refractivity contribution < 1.29 is 9.59 Å². The number of piperidine rings is 1. The van der Waals surface area contributed by atoms with Crippen LogP contribution < -0.4 is 11.1 Å². The Morgan fingerprint density at radius 2 is 2.35 bits per heavy atom. The molecule has 2 rings (SSSR count). The van der Waals surface area contributed by atoms with Crippen molar-refractivity contribution in [3.63, 3.8) is 0 Å². The SMILES string of the molecule is CC1CCCN(C(=O)C2CNC(=O)C2)C1CN. The van der Waals surface area contributed by atoms with E-state index >= 15 is 0 Å². The topological polar surface area (TPSA) is 75.4 Å². The first-order chi connectivity index (χ1) is 8.13. The fourth-order valence-electron chi connectivity index (χ4n) is 2.90. The monoisotopic (exact) mass is 239 g/mol. The van der Waals surface area contributed by atoms with Gasteiger partial charge in [0.05, 0.1) is 5.92 Å². The largest absolute Gasteiger partial charge is 0.355 e. The molecule has 0 spiro atoms. The Hall–Kier alpha value is -1.10. The molecular weight excluding hydrogens is 218 g/mol. The van der Waals surface area contributed by atoms with E-state index < -0.39 is 0 Å². The molecule has 3 unspecified atom stereocenters. The van der Waals surface area contributed by atoms with Crippen LogP contribution in [0.5, 0.6) is 0 Å². The molecule has 3 N–H and O–H groups in total. The maximum Gasteiger partial charge on any atom is 0.228 e. The van der Waals surface area contributed by atoms with E-state index in [0.717, 1.165) is 19.4 Å². The minimum atomic E-state index is -0.179. The number of nitrogens with one attached hydrogen (secondary N) is 1. The summed E-state index contributed by atoms with van der Waals surface area (Å²) in [4.78, 5) is 25.4. The quantitative estimate of drug-likeness (QED) is 0.695. The van der Waals surface area contributed by atoms with Gasteiger partial charge in [0.1, 0.15) is 0 Å². The van der Waals surface area contributed by atoms with Crippen LogP contribution in [0.25, 0.3) is 0 Å². The van der Waals surface area contributed by atoms with E-state index in [4.69, 9.17) is 5.73 Å². The van der Waals surface area contributed by atoms with Crippen molar-refractivity contribution in [3.8, 4) is 0 Å². The summed E-state index contributed by atoms with van der Waals surface area (Å²) in [7, 11) is 0. The second kappa shape index (κ2) is 5.04. The number of carbonyl (C=O) groups is 2. The molecule has 0 aromatic carbocycles. The minimum absolute atomic E-state index is 0.0160. The second-order valence-electron chi connectivity index (χ2n) is 5.16. The molecule has 2 heterocycles. The van der Waals surface area contributed by atoms with Crippen LogP contribution in [0, 0.1) is 11.8 Å². The molecule has 5 nitrogen and oxygen atoms in total. The van der Waals surface area contributed by atoms with Crippen molar-refractivity contribution in [1.29, 1.82) is 0 Å². The molecule has 2 aliphatic rings. The van der Waals surface area contributed by atoms with Crippen LogP contribution in [0.15, 0.2) is 0 Å². The van der Waals surface area contributed by atoms with Gasteiger partial charge >= 0.3 is 0 Å². The van der Waals surface area contributed by atoms with Gasteiger partial charge < -0.3 is 16.0 Å². The summed E-state index contributed by atoms with van der Waals surface area (Å²) in [5.74, 6) is 0.368. The van der Waals surface area contributed by atoms with Crippen molar-refractivity contribution in [2.75, 3.05) is 19.6 Å². The van der Waals surface area contributed by atoms with Crippen LogP contribution in [0.1, 0.15) is 26.2 Å². The molecule has 0 aromatic heterocycles. The Morgan fingerprint density at radius 1 is 1.59 bits per heavy atom. The normalized spacial score (nSPS) is 33.6. The molecule has 2 saturated heterocycles. The summed E-state index contributed by atoms with van der Waals surface area (Å²) < 4.78 is 0. The highest BCUT2D eigenvalue weighted by molar-refractivity contribution is 5.89. The number of nitrogens with two attached hydrogens (primary N) is 1. The molecule has 0 aromatic rings. The Bertz CT molecular complexity index is 319. The predicted octanol–water partition coefficient (Wildman–Crippen LogP) is -0.292. The first-order valence-electron chi connectivity index (χ1n) is 6.40. The van der Waals surface area contributed by atoms with Gasteiger partial charge in [0.25, 0.3) is 0 Å². The lowest BCUT2D eigenvalue weighted by Gasteiger charge is -2.40. The van der Waals surface area contributed by atoms with Crippen molar-refractivity contribution >= 4 is 11.8 Å². The molecule has 17 heavy (non-hydrogen) atoms. The van der Waals surface area contributed by atoms with Crippen LogP contribution in [0.4, 0.5) is 0 Å². The summed E-state index contributed by atoms with van der Waals surface area (Å²) in [5.41, 5.74) is 5.77. The number of hydrogen-bond donors (Lipinski definition) is 2. The standard InChI is InChI=1S/C12H21N3O2/c1-8-3-2-4-15(10(8)6-13)12(17)9-5-11(16)14-7-9/h8-10H,2-7,13H2,1H3,(H,14,16). The Labute approximate surface area is 102 Å². The highest BCUT2D eigenvalue weighted by Crippen LogP contribution is 2.25. The molecule has 0 saturated carbocycles. The summed E-state index contributed by atoms with van der Waals surface area (Å²) in [6, 6.07) is 0.145. The summed E-state index contributed by atoms with van der Waals surface area (Å²) in [6.45, 7) is 3.94. The maximum atomic E-state index is 12.3. The van der Waals surface area contributed by atoms with Gasteiger partial charge in [0, 0.05) is 32.1 Å². The lowest BCUT2D eigenvalue weighted by Crippen LogP contribution is -2.53. The number of amides is 2. The molecule has 2 amide bonds. The average Bonchev–Trinajstić information content (AvgIpc) is 2.74. The molecule has 0 bridgehead atoms. The third kappa shape index (κ3) is 2.44.